The molecule has 0 heterocycles. The minimum Gasteiger partial charge on any atom is -0.496 e. The van der Waals surface area contributed by atoms with E-state index < -0.39 is 35.6 Å². The van der Waals surface area contributed by atoms with Gasteiger partial charge < -0.3 is 15.2 Å². The molecule has 2 aromatic rings. The van der Waals surface area contributed by atoms with Crippen LogP contribution in [0.25, 0.3) is 0 Å². The van der Waals surface area contributed by atoms with Crippen LogP contribution in [-0.2, 0) is 4.74 Å². The van der Waals surface area contributed by atoms with E-state index in [2.05, 4.69) is 0 Å². The smallest absolute Gasteiger partial charge is 0.342 e. The predicted molar refractivity (Wildman–Crippen MR) is 83.4 cm³/mol. The lowest BCUT2D eigenvalue weighted by Crippen LogP contribution is -2.16. The number of methoxy groups -OCH3 is 1. The van der Waals surface area contributed by atoms with Gasteiger partial charge in [0.25, 0.3) is 0 Å². The molecule has 0 amide bonds. The molecule has 0 aliphatic carbocycles. The lowest BCUT2D eigenvalue weighted by Gasteiger charge is -2.10. The molecule has 0 aliphatic rings. The monoisotopic (exact) mass is 355 g/mol. The second-order valence-electron chi connectivity index (χ2n) is 4.70. The number of Topliss-reactive ketones (excluding diaryl/α,β-unsaturated/α-hetero) is 1. The van der Waals surface area contributed by atoms with Crippen molar-refractivity contribution in [2.24, 2.45) is 0 Å². The molecule has 5 nitrogen and oxygen atoms in total. The van der Waals surface area contributed by atoms with Gasteiger partial charge in [0.05, 0.1) is 23.4 Å². The number of carbonyl (C=O) groups is 2. The lowest BCUT2D eigenvalue weighted by atomic mass is 10.1. The minimum absolute atomic E-state index is 0.0517. The molecule has 0 bridgehead atoms. The SMILES string of the molecule is COc1cc(N)c(Cl)cc1C(=O)OCC(=O)c1cc(F)ccc1F. The Labute approximate surface area is 140 Å². The van der Waals surface area contributed by atoms with E-state index in [-0.39, 0.29) is 22.0 Å². The second kappa shape index (κ2) is 7.27. The first-order chi connectivity index (χ1) is 11.3. The van der Waals surface area contributed by atoms with Gasteiger partial charge in [-0.05, 0) is 24.3 Å². The van der Waals surface area contributed by atoms with Crippen molar-refractivity contribution < 1.29 is 27.8 Å². The quantitative estimate of drug-likeness (QED) is 0.506. The fourth-order valence-corrected chi connectivity index (χ4v) is 2.06. The number of hydrogen-bond donors (Lipinski definition) is 1. The van der Waals surface area contributed by atoms with Gasteiger partial charge in [-0.1, -0.05) is 11.6 Å². The van der Waals surface area contributed by atoms with Gasteiger partial charge in [0.15, 0.2) is 6.61 Å². The molecule has 0 aromatic heterocycles. The van der Waals surface area contributed by atoms with Crippen LogP contribution < -0.4 is 10.5 Å². The molecule has 2 aromatic carbocycles. The molecule has 0 radical (unpaired) electrons. The highest BCUT2D eigenvalue weighted by atomic mass is 35.5. The summed E-state index contributed by atoms with van der Waals surface area (Å²) in [6, 6.07) is 4.97. The van der Waals surface area contributed by atoms with Gasteiger partial charge in [0.2, 0.25) is 5.78 Å². The third kappa shape index (κ3) is 3.80. The molecule has 0 atom stereocenters. The fraction of sp³-hybridized carbons (Fsp3) is 0.125. The zero-order valence-electron chi connectivity index (χ0n) is 12.4. The Balaban J connectivity index is 2.15. The Morgan fingerprint density at radius 3 is 2.54 bits per heavy atom. The van der Waals surface area contributed by atoms with Gasteiger partial charge in [-0.2, -0.15) is 0 Å². The molecular formula is C16H12ClF2NO4. The van der Waals surface area contributed by atoms with Gasteiger partial charge in [-0.25, -0.2) is 13.6 Å². The molecular weight excluding hydrogens is 344 g/mol. The summed E-state index contributed by atoms with van der Waals surface area (Å²) < 4.78 is 36.4. The van der Waals surface area contributed by atoms with Gasteiger partial charge >= 0.3 is 5.97 Å². The average molecular weight is 356 g/mol. The number of esters is 1. The summed E-state index contributed by atoms with van der Waals surface area (Å²) >= 11 is 5.84. The van der Waals surface area contributed by atoms with Crippen LogP contribution in [-0.4, -0.2) is 25.5 Å². The Morgan fingerprint density at radius 2 is 1.88 bits per heavy atom. The number of hydrogen-bond acceptors (Lipinski definition) is 5. The Kier molecular flexibility index (Phi) is 5.35. The van der Waals surface area contributed by atoms with Crippen molar-refractivity contribution in [1.29, 1.82) is 0 Å². The predicted octanol–water partition coefficient (Wildman–Crippen LogP) is 3.25. The van der Waals surface area contributed by atoms with E-state index in [9.17, 15) is 18.4 Å². The molecule has 0 spiro atoms. The molecule has 0 fully saturated rings. The molecule has 2 N–H and O–H groups in total. The molecule has 0 unspecified atom stereocenters. The Morgan fingerprint density at radius 1 is 1.17 bits per heavy atom. The van der Waals surface area contributed by atoms with Crippen molar-refractivity contribution in [3.05, 3.63) is 58.1 Å². The number of anilines is 1. The van der Waals surface area contributed by atoms with Gasteiger partial charge in [0.1, 0.15) is 22.9 Å². The van der Waals surface area contributed by atoms with E-state index in [1.54, 1.807) is 0 Å². The summed E-state index contributed by atoms with van der Waals surface area (Å²) in [6.07, 6.45) is 0. The van der Waals surface area contributed by atoms with E-state index in [1.807, 2.05) is 0 Å². The van der Waals surface area contributed by atoms with Crippen LogP contribution in [0.1, 0.15) is 20.7 Å². The number of nitrogens with two attached hydrogens (primary N) is 1. The van der Waals surface area contributed by atoms with Crippen molar-refractivity contribution >= 4 is 29.0 Å². The van der Waals surface area contributed by atoms with Crippen LogP contribution in [0.2, 0.25) is 5.02 Å². The fourth-order valence-electron chi connectivity index (χ4n) is 1.90. The van der Waals surface area contributed by atoms with E-state index in [0.717, 1.165) is 18.2 Å². The zero-order valence-corrected chi connectivity index (χ0v) is 13.2. The molecule has 126 valence electrons. The maximum absolute atomic E-state index is 13.5. The first-order valence-electron chi connectivity index (χ1n) is 6.62. The van der Waals surface area contributed by atoms with Gasteiger partial charge in [-0.3, -0.25) is 4.79 Å². The molecule has 24 heavy (non-hydrogen) atoms. The number of ether oxygens (including phenoxy) is 2. The van der Waals surface area contributed by atoms with Crippen LogP contribution in [0.3, 0.4) is 0 Å². The van der Waals surface area contributed by atoms with Gasteiger partial charge in [0, 0.05) is 6.07 Å². The minimum atomic E-state index is -0.918. The number of nitrogen functional groups attached to an aromatic ring is 1. The van der Waals surface area contributed by atoms with Crippen molar-refractivity contribution in [3.63, 3.8) is 0 Å². The summed E-state index contributed by atoms with van der Waals surface area (Å²) in [5.41, 5.74) is 5.24. The topological polar surface area (TPSA) is 78.6 Å². The van der Waals surface area contributed by atoms with Crippen molar-refractivity contribution in [1.82, 2.24) is 0 Å². The summed E-state index contributed by atoms with van der Waals surface area (Å²) in [5.74, 6) is -3.39. The largest absolute Gasteiger partial charge is 0.496 e. The molecule has 0 saturated carbocycles. The van der Waals surface area contributed by atoms with Crippen LogP contribution in [0.4, 0.5) is 14.5 Å². The van der Waals surface area contributed by atoms with E-state index >= 15 is 0 Å². The van der Waals surface area contributed by atoms with Crippen LogP contribution >= 0.6 is 11.6 Å². The third-order valence-corrected chi connectivity index (χ3v) is 3.43. The van der Waals surface area contributed by atoms with Crippen molar-refractivity contribution in [2.45, 2.75) is 0 Å². The highest BCUT2D eigenvalue weighted by Crippen LogP contribution is 2.29. The number of ketones is 1. The molecule has 0 saturated heterocycles. The van der Waals surface area contributed by atoms with Crippen LogP contribution in [0.15, 0.2) is 30.3 Å². The first-order valence-corrected chi connectivity index (χ1v) is 6.99. The number of benzene rings is 2. The standard InChI is InChI=1S/C16H12ClF2NO4/c1-23-15-6-13(20)11(17)5-10(15)16(22)24-7-14(21)9-4-8(18)2-3-12(9)19/h2-6H,7,20H2,1H3. The van der Waals surface area contributed by atoms with Gasteiger partial charge in [-0.15, -0.1) is 0 Å². The zero-order chi connectivity index (χ0) is 17.9. The summed E-state index contributed by atoms with van der Waals surface area (Å²) in [5, 5.41) is 0.102. The highest BCUT2D eigenvalue weighted by molar-refractivity contribution is 6.33. The van der Waals surface area contributed by atoms with Crippen LogP contribution in [0, 0.1) is 11.6 Å². The number of rotatable bonds is 5. The average Bonchev–Trinajstić information content (AvgIpc) is 2.56. The summed E-state index contributed by atoms with van der Waals surface area (Å²) in [4.78, 5) is 23.9. The summed E-state index contributed by atoms with van der Waals surface area (Å²) in [6.45, 7) is -0.773. The van der Waals surface area contributed by atoms with E-state index in [0.29, 0.717) is 0 Å². The normalized spacial score (nSPS) is 10.3. The second-order valence-corrected chi connectivity index (χ2v) is 5.10. The highest BCUT2D eigenvalue weighted by Gasteiger charge is 2.19. The maximum Gasteiger partial charge on any atom is 0.342 e. The van der Waals surface area contributed by atoms with Crippen LogP contribution in [0.5, 0.6) is 5.75 Å². The maximum atomic E-state index is 13.5. The Bertz CT molecular complexity index is 811. The molecule has 8 heteroatoms. The third-order valence-electron chi connectivity index (χ3n) is 3.10. The molecule has 2 rings (SSSR count). The number of halogens is 3. The summed E-state index contributed by atoms with van der Waals surface area (Å²) in [7, 11) is 1.31. The van der Waals surface area contributed by atoms with Crippen molar-refractivity contribution in [3.8, 4) is 5.75 Å². The molecule has 0 aliphatic heterocycles. The first kappa shape index (κ1) is 17.7. The van der Waals surface area contributed by atoms with Crippen molar-refractivity contribution in [2.75, 3.05) is 19.5 Å². The lowest BCUT2D eigenvalue weighted by molar-refractivity contribution is 0.0470. The van der Waals surface area contributed by atoms with E-state index in [1.165, 1.54) is 19.2 Å². The Hall–Kier alpha value is -2.67. The van der Waals surface area contributed by atoms with E-state index in [4.69, 9.17) is 26.8 Å². The number of carbonyl (C=O) groups excluding carboxylic acids is 2.